The normalized spacial score (nSPS) is 19.9. The van der Waals surface area contributed by atoms with E-state index in [1.54, 1.807) is 6.07 Å². The van der Waals surface area contributed by atoms with Gasteiger partial charge in [-0.15, -0.1) is 0 Å². The Bertz CT molecular complexity index is 683. The topological polar surface area (TPSA) is 115 Å². The second-order valence-electron chi connectivity index (χ2n) is 5.44. The van der Waals surface area contributed by atoms with Gasteiger partial charge in [0.05, 0.1) is 11.8 Å². The SMILES string of the molecule is CC(C)Cc1cc(C(=O)N[C@@H]2C=CS(=O)(=O)C2)nc(N)n1. The van der Waals surface area contributed by atoms with Crippen LogP contribution in [0.25, 0.3) is 0 Å². The van der Waals surface area contributed by atoms with Crippen molar-refractivity contribution in [2.75, 3.05) is 11.5 Å². The van der Waals surface area contributed by atoms with Crippen molar-refractivity contribution in [1.82, 2.24) is 15.3 Å². The van der Waals surface area contributed by atoms with Crippen LogP contribution in [0, 0.1) is 5.92 Å². The maximum atomic E-state index is 12.1. The average molecular weight is 310 g/mol. The fourth-order valence-corrected chi connectivity index (χ4v) is 3.30. The fraction of sp³-hybridized carbons (Fsp3) is 0.462. The van der Waals surface area contributed by atoms with Crippen LogP contribution in [-0.4, -0.2) is 36.1 Å². The molecule has 3 N–H and O–H groups in total. The van der Waals surface area contributed by atoms with Crippen LogP contribution in [0.2, 0.25) is 0 Å². The van der Waals surface area contributed by atoms with Crippen LogP contribution in [0.1, 0.15) is 30.0 Å². The number of carbonyl (C=O) groups is 1. The molecule has 0 fully saturated rings. The number of sulfone groups is 1. The van der Waals surface area contributed by atoms with Crippen molar-refractivity contribution in [1.29, 1.82) is 0 Å². The average Bonchev–Trinajstić information content (AvgIpc) is 2.66. The Hall–Kier alpha value is -1.96. The van der Waals surface area contributed by atoms with E-state index in [4.69, 9.17) is 5.73 Å². The minimum atomic E-state index is -3.21. The number of nitrogens with two attached hydrogens (primary N) is 1. The van der Waals surface area contributed by atoms with E-state index in [2.05, 4.69) is 15.3 Å². The number of aromatic nitrogens is 2. The van der Waals surface area contributed by atoms with Crippen LogP contribution in [0.4, 0.5) is 5.95 Å². The number of nitrogens with zero attached hydrogens (tertiary/aromatic N) is 2. The predicted octanol–water partition coefficient (Wildman–Crippen LogP) is 0.298. The lowest BCUT2D eigenvalue weighted by atomic mass is 10.1. The summed E-state index contributed by atoms with van der Waals surface area (Å²) in [7, 11) is -3.21. The zero-order valence-electron chi connectivity index (χ0n) is 11.9. The highest BCUT2D eigenvalue weighted by Gasteiger charge is 2.24. The molecule has 0 aliphatic carbocycles. The lowest BCUT2D eigenvalue weighted by Crippen LogP contribution is -2.36. The smallest absolute Gasteiger partial charge is 0.270 e. The Kier molecular flexibility index (Phi) is 4.26. The molecule has 1 aliphatic heterocycles. The van der Waals surface area contributed by atoms with E-state index in [1.807, 2.05) is 13.8 Å². The van der Waals surface area contributed by atoms with Gasteiger partial charge in [0.15, 0.2) is 9.84 Å². The third-order valence-corrected chi connectivity index (χ3v) is 4.29. The van der Waals surface area contributed by atoms with Gasteiger partial charge in [0.1, 0.15) is 5.69 Å². The van der Waals surface area contributed by atoms with Crippen molar-refractivity contribution >= 4 is 21.7 Å². The van der Waals surface area contributed by atoms with E-state index in [1.165, 1.54) is 6.08 Å². The summed E-state index contributed by atoms with van der Waals surface area (Å²) in [4.78, 5) is 20.1. The highest BCUT2D eigenvalue weighted by molar-refractivity contribution is 7.94. The van der Waals surface area contributed by atoms with Crippen molar-refractivity contribution in [3.8, 4) is 0 Å². The first-order valence-electron chi connectivity index (χ1n) is 6.60. The largest absolute Gasteiger partial charge is 0.368 e. The lowest BCUT2D eigenvalue weighted by Gasteiger charge is -2.11. The second kappa shape index (κ2) is 5.80. The Morgan fingerprint density at radius 3 is 2.76 bits per heavy atom. The van der Waals surface area contributed by atoms with Gasteiger partial charge >= 0.3 is 0 Å². The molecule has 1 atom stereocenters. The predicted molar refractivity (Wildman–Crippen MR) is 79.2 cm³/mol. The van der Waals surface area contributed by atoms with E-state index in [9.17, 15) is 13.2 Å². The standard InChI is InChI=1S/C13H18N4O3S/c1-8(2)5-10-6-11(17-13(14)16-10)12(18)15-9-3-4-21(19,20)7-9/h3-4,6,8-9H,5,7H2,1-2H3,(H,15,18)(H2,14,16,17)/t9-/m1/s1. The van der Waals surface area contributed by atoms with Crippen LogP contribution in [-0.2, 0) is 16.3 Å². The molecule has 0 bridgehead atoms. The maximum Gasteiger partial charge on any atom is 0.270 e. The summed E-state index contributed by atoms with van der Waals surface area (Å²) < 4.78 is 22.6. The summed E-state index contributed by atoms with van der Waals surface area (Å²) in [5.41, 5.74) is 6.45. The first-order valence-corrected chi connectivity index (χ1v) is 8.32. The van der Waals surface area contributed by atoms with E-state index in [0.29, 0.717) is 18.0 Å². The van der Waals surface area contributed by atoms with Crippen LogP contribution in [0.15, 0.2) is 17.6 Å². The quantitative estimate of drug-likeness (QED) is 0.826. The van der Waals surface area contributed by atoms with Crippen LogP contribution < -0.4 is 11.1 Å². The van der Waals surface area contributed by atoms with Gasteiger partial charge in [-0.05, 0) is 24.5 Å². The molecule has 2 rings (SSSR count). The first-order chi connectivity index (χ1) is 9.75. The zero-order valence-corrected chi connectivity index (χ0v) is 12.7. The molecule has 7 nitrogen and oxygen atoms in total. The maximum absolute atomic E-state index is 12.1. The molecule has 114 valence electrons. The summed E-state index contributed by atoms with van der Waals surface area (Å²) >= 11 is 0. The van der Waals surface area contributed by atoms with E-state index in [0.717, 1.165) is 5.41 Å². The number of nitrogen functional groups attached to an aromatic ring is 1. The Morgan fingerprint density at radius 1 is 1.48 bits per heavy atom. The van der Waals surface area contributed by atoms with Gasteiger partial charge in [0.25, 0.3) is 5.91 Å². The molecule has 8 heteroatoms. The van der Waals surface area contributed by atoms with Gasteiger partial charge in [0, 0.05) is 11.1 Å². The summed E-state index contributed by atoms with van der Waals surface area (Å²) in [5, 5.41) is 3.72. The molecular weight excluding hydrogens is 292 g/mol. The number of nitrogens with one attached hydrogen (secondary N) is 1. The van der Waals surface area contributed by atoms with Gasteiger partial charge < -0.3 is 11.1 Å². The second-order valence-corrected chi connectivity index (χ2v) is 7.37. The minimum Gasteiger partial charge on any atom is -0.368 e. The number of rotatable bonds is 4. The molecular formula is C13H18N4O3S. The third kappa shape index (κ3) is 4.25. The summed E-state index contributed by atoms with van der Waals surface area (Å²) in [5.74, 6) is -0.176. The zero-order chi connectivity index (χ0) is 15.6. The number of hydrogen-bond donors (Lipinski definition) is 2. The summed E-state index contributed by atoms with van der Waals surface area (Å²) in [6, 6.07) is 1.05. The van der Waals surface area contributed by atoms with Crippen LogP contribution in [0.3, 0.4) is 0 Å². The number of carbonyl (C=O) groups excluding carboxylic acids is 1. The molecule has 0 saturated carbocycles. The fourth-order valence-electron chi connectivity index (χ4n) is 2.07. The minimum absolute atomic E-state index is 0.0351. The molecule has 1 aromatic heterocycles. The van der Waals surface area contributed by atoms with Crippen molar-refractivity contribution in [2.45, 2.75) is 26.3 Å². The van der Waals surface area contributed by atoms with E-state index < -0.39 is 21.8 Å². The molecule has 1 aliphatic rings. The summed E-state index contributed by atoms with van der Waals surface area (Å²) in [6.07, 6.45) is 2.14. The van der Waals surface area contributed by atoms with Gasteiger partial charge in [-0.3, -0.25) is 4.79 Å². The summed E-state index contributed by atoms with van der Waals surface area (Å²) in [6.45, 7) is 4.07. The molecule has 2 heterocycles. The van der Waals surface area contributed by atoms with Crippen molar-refractivity contribution in [3.05, 3.63) is 28.9 Å². The Balaban J connectivity index is 2.12. The van der Waals surface area contributed by atoms with Gasteiger partial charge in [-0.25, -0.2) is 18.4 Å². The molecule has 0 unspecified atom stereocenters. The number of anilines is 1. The molecule has 0 radical (unpaired) electrons. The van der Waals surface area contributed by atoms with E-state index >= 15 is 0 Å². The molecule has 0 spiro atoms. The van der Waals surface area contributed by atoms with Gasteiger partial charge in [-0.1, -0.05) is 13.8 Å². The molecule has 1 aromatic rings. The van der Waals surface area contributed by atoms with Crippen molar-refractivity contribution in [2.24, 2.45) is 5.92 Å². The Labute approximate surface area is 123 Å². The number of amides is 1. The highest BCUT2D eigenvalue weighted by atomic mass is 32.2. The molecule has 0 saturated heterocycles. The number of hydrogen-bond acceptors (Lipinski definition) is 6. The molecule has 1 amide bonds. The van der Waals surface area contributed by atoms with Crippen LogP contribution in [0.5, 0.6) is 0 Å². The lowest BCUT2D eigenvalue weighted by molar-refractivity contribution is 0.0942. The first kappa shape index (κ1) is 15.4. The van der Waals surface area contributed by atoms with Gasteiger partial charge in [0.2, 0.25) is 5.95 Å². The molecule has 21 heavy (non-hydrogen) atoms. The van der Waals surface area contributed by atoms with Gasteiger partial charge in [-0.2, -0.15) is 0 Å². The van der Waals surface area contributed by atoms with Crippen molar-refractivity contribution < 1.29 is 13.2 Å². The van der Waals surface area contributed by atoms with Crippen molar-refractivity contribution in [3.63, 3.8) is 0 Å². The van der Waals surface area contributed by atoms with Crippen LogP contribution >= 0.6 is 0 Å². The molecule has 0 aromatic carbocycles. The van der Waals surface area contributed by atoms with E-state index in [-0.39, 0.29) is 17.4 Å². The monoisotopic (exact) mass is 310 g/mol. The highest BCUT2D eigenvalue weighted by Crippen LogP contribution is 2.11. The third-order valence-electron chi connectivity index (χ3n) is 2.89. The Morgan fingerprint density at radius 2 is 2.19 bits per heavy atom.